The number of nitrogens with one attached hydrogen (secondary N) is 4. The van der Waals surface area contributed by atoms with Crippen molar-refractivity contribution in [3.05, 3.63) is 52.5 Å². The van der Waals surface area contributed by atoms with E-state index in [-0.39, 0.29) is 23.4 Å². The van der Waals surface area contributed by atoms with Crippen LogP contribution in [0.3, 0.4) is 0 Å². The number of furan rings is 1. The summed E-state index contributed by atoms with van der Waals surface area (Å²) in [6.07, 6.45) is 8.27. The van der Waals surface area contributed by atoms with Gasteiger partial charge in [-0.05, 0) is 63.1 Å². The molecule has 33 heavy (non-hydrogen) atoms. The number of rotatable bonds is 5. The highest BCUT2D eigenvalue weighted by Gasteiger charge is 2.32. The molecule has 1 amide bonds. The summed E-state index contributed by atoms with van der Waals surface area (Å²) in [5.74, 6) is 0.703. The lowest BCUT2D eigenvalue weighted by molar-refractivity contribution is -0.126. The van der Waals surface area contributed by atoms with Crippen molar-refractivity contribution in [1.29, 1.82) is 0 Å². The molecule has 7 heteroatoms. The third kappa shape index (κ3) is 4.55. The summed E-state index contributed by atoms with van der Waals surface area (Å²) in [4.78, 5) is 28.7. The fourth-order valence-corrected chi connectivity index (χ4v) is 5.23. The second-order valence-corrected chi connectivity index (χ2v) is 9.40. The van der Waals surface area contributed by atoms with E-state index in [4.69, 9.17) is 4.42 Å². The monoisotopic (exact) mass is 448 g/mol. The van der Waals surface area contributed by atoms with Crippen molar-refractivity contribution in [1.82, 2.24) is 15.6 Å². The van der Waals surface area contributed by atoms with Crippen LogP contribution in [0.5, 0.6) is 0 Å². The minimum absolute atomic E-state index is 0.0164. The molecule has 0 radical (unpaired) electrons. The molecule has 4 N–H and O–H groups in total. The largest absolute Gasteiger partial charge is 0.464 e. The molecule has 1 aliphatic carbocycles. The lowest BCUT2D eigenvalue weighted by Crippen LogP contribution is -2.53. The van der Waals surface area contributed by atoms with Gasteiger partial charge < -0.3 is 25.4 Å². The fraction of sp³-hybridized carbons (Fsp3) is 0.462. The van der Waals surface area contributed by atoms with Crippen LogP contribution >= 0.6 is 0 Å². The summed E-state index contributed by atoms with van der Waals surface area (Å²) in [5, 5.41) is 11.2. The van der Waals surface area contributed by atoms with Gasteiger partial charge in [0.05, 0.1) is 23.4 Å². The first-order valence-corrected chi connectivity index (χ1v) is 12.1. The summed E-state index contributed by atoms with van der Waals surface area (Å²) >= 11 is 0. The number of piperidine rings is 1. The molecule has 1 aromatic carbocycles. The van der Waals surface area contributed by atoms with Gasteiger partial charge in [-0.3, -0.25) is 9.59 Å². The first kappa shape index (κ1) is 21.8. The number of pyridine rings is 1. The Morgan fingerprint density at radius 1 is 1.12 bits per heavy atom. The second kappa shape index (κ2) is 9.43. The smallest absolute Gasteiger partial charge is 0.251 e. The van der Waals surface area contributed by atoms with E-state index in [1.165, 1.54) is 19.3 Å². The summed E-state index contributed by atoms with van der Waals surface area (Å²) in [7, 11) is 0. The molecular weight excluding hydrogens is 416 g/mol. The van der Waals surface area contributed by atoms with Crippen molar-refractivity contribution in [2.75, 3.05) is 18.4 Å². The van der Waals surface area contributed by atoms with E-state index in [9.17, 15) is 9.59 Å². The maximum Gasteiger partial charge on any atom is 0.251 e. The molecule has 2 fully saturated rings. The van der Waals surface area contributed by atoms with Gasteiger partial charge in [0.15, 0.2) is 0 Å². The van der Waals surface area contributed by atoms with E-state index in [0.29, 0.717) is 18.2 Å². The van der Waals surface area contributed by atoms with Crippen molar-refractivity contribution >= 4 is 22.5 Å². The number of amides is 1. The van der Waals surface area contributed by atoms with Gasteiger partial charge in [-0.25, -0.2) is 0 Å². The van der Waals surface area contributed by atoms with Crippen molar-refractivity contribution in [2.24, 2.45) is 5.92 Å². The molecule has 0 spiro atoms. The number of fused-ring (bicyclic) bond motifs is 1. The topological polar surface area (TPSA) is 99.2 Å². The number of hydrogen-bond acceptors (Lipinski definition) is 5. The number of aryl methyl sites for hydroxylation is 1. The number of aromatic nitrogens is 1. The first-order valence-electron chi connectivity index (χ1n) is 12.1. The molecule has 2 aliphatic rings. The van der Waals surface area contributed by atoms with Gasteiger partial charge in [0.1, 0.15) is 5.76 Å². The molecule has 174 valence electrons. The minimum Gasteiger partial charge on any atom is -0.464 e. The van der Waals surface area contributed by atoms with E-state index in [0.717, 1.165) is 53.7 Å². The number of hydrogen-bond donors (Lipinski definition) is 4. The SMILES string of the molecule is Cc1cc2c(-c3ccco3)ccc(N[C@@H]3CCNC[C@H]3C(=O)NC3CCCCC3)c2[nH]c1=O. The van der Waals surface area contributed by atoms with Gasteiger partial charge in [-0.1, -0.05) is 19.3 Å². The van der Waals surface area contributed by atoms with Crippen molar-refractivity contribution < 1.29 is 9.21 Å². The maximum atomic E-state index is 13.2. The molecule has 0 bridgehead atoms. The van der Waals surface area contributed by atoms with E-state index in [1.807, 2.05) is 37.3 Å². The van der Waals surface area contributed by atoms with Crippen LogP contribution < -0.4 is 21.5 Å². The predicted molar refractivity (Wildman–Crippen MR) is 130 cm³/mol. The molecule has 5 rings (SSSR count). The van der Waals surface area contributed by atoms with Crippen LogP contribution in [-0.2, 0) is 4.79 Å². The molecule has 3 aromatic rings. The molecule has 1 aliphatic heterocycles. The molecular formula is C26H32N4O3. The van der Waals surface area contributed by atoms with Crippen LogP contribution in [0.2, 0.25) is 0 Å². The summed E-state index contributed by atoms with van der Waals surface area (Å²) in [6, 6.07) is 9.95. The van der Waals surface area contributed by atoms with E-state index < -0.39 is 0 Å². The molecule has 7 nitrogen and oxygen atoms in total. The van der Waals surface area contributed by atoms with Crippen LogP contribution in [0.1, 0.15) is 44.1 Å². The Bertz CT molecular complexity index is 1180. The summed E-state index contributed by atoms with van der Waals surface area (Å²) < 4.78 is 5.63. The van der Waals surface area contributed by atoms with Crippen LogP contribution in [0.4, 0.5) is 5.69 Å². The Labute approximate surface area is 193 Å². The Morgan fingerprint density at radius 3 is 2.76 bits per heavy atom. The standard InChI is InChI=1S/C26H32N4O3/c1-16-14-19-18(23-8-5-13-33-23)9-10-22(24(19)30-25(16)31)29-21-11-12-27-15-20(21)26(32)28-17-6-3-2-4-7-17/h5,8-10,13-14,17,20-21,27,29H,2-4,6-7,11-12,15H2,1H3,(H,28,32)(H,30,31)/t20-,21-/m1/s1. The molecule has 1 saturated carbocycles. The summed E-state index contributed by atoms with van der Waals surface area (Å²) in [6.45, 7) is 3.31. The number of carbonyl (C=O) groups is 1. The van der Waals surface area contributed by atoms with Gasteiger partial charge in [-0.15, -0.1) is 0 Å². The highest BCUT2D eigenvalue weighted by atomic mass is 16.3. The normalized spacial score (nSPS) is 21.7. The van der Waals surface area contributed by atoms with Gasteiger partial charge in [0, 0.05) is 35.1 Å². The van der Waals surface area contributed by atoms with Crippen molar-refractivity contribution in [3.63, 3.8) is 0 Å². The van der Waals surface area contributed by atoms with E-state index >= 15 is 0 Å². The summed E-state index contributed by atoms with van der Waals surface area (Å²) in [5.41, 5.74) is 3.04. The number of aromatic amines is 1. The Balaban J connectivity index is 1.44. The van der Waals surface area contributed by atoms with Gasteiger partial charge in [-0.2, -0.15) is 0 Å². The highest BCUT2D eigenvalue weighted by molar-refractivity contribution is 6.00. The van der Waals surface area contributed by atoms with Crippen molar-refractivity contribution in [2.45, 2.75) is 57.5 Å². The average Bonchev–Trinajstić information content (AvgIpc) is 3.36. The third-order valence-corrected chi connectivity index (χ3v) is 7.10. The Kier molecular flexibility index (Phi) is 6.22. The lowest BCUT2D eigenvalue weighted by atomic mass is 9.90. The Morgan fingerprint density at radius 2 is 1.97 bits per heavy atom. The van der Waals surface area contributed by atoms with Gasteiger partial charge in [0.2, 0.25) is 5.91 Å². The maximum absolute atomic E-state index is 13.2. The van der Waals surface area contributed by atoms with Crippen LogP contribution in [0.25, 0.3) is 22.2 Å². The molecule has 0 unspecified atom stereocenters. The van der Waals surface area contributed by atoms with E-state index in [1.54, 1.807) is 6.26 Å². The van der Waals surface area contributed by atoms with Crippen molar-refractivity contribution in [3.8, 4) is 11.3 Å². The van der Waals surface area contributed by atoms with Crippen LogP contribution in [0.15, 0.2) is 45.8 Å². The van der Waals surface area contributed by atoms with Crippen LogP contribution in [0, 0.1) is 12.8 Å². The number of H-pyrrole nitrogens is 1. The molecule has 1 saturated heterocycles. The molecule has 2 atom stereocenters. The number of anilines is 1. The van der Waals surface area contributed by atoms with Crippen LogP contribution in [-0.4, -0.2) is 36.1 Å². The van der Waals surface area contributed by atoms with E-state index in [2.05, 4.69) is 20.9 Å². The molecule has 3 heterocycles. The quantitative estimate of drug-likeness (QED) is 0.474. The second-order valence-electron chi connectivity index (χ2n) is 9.40. The highest BCUT2D eigenvalue weighted by Crippen LogP contribution is 2.33. The zero-order valence-electron chi connectivity index (χ0n) is 19.1. The Hall–Kier alpha value is -3.06. The number of carbonyl (C=O) groups excluding carboxylic acids is 1. The van der Waals surface area contributed by atoms with Gasteiger partial charge >= 0.3 is 0 Å². The third-order valence-electron chi connectivity index (χ3n) is 7.10. The zero-order valence-corrected chi connectivity index (χ0v) is 19.1. The van der Waals surface area contributed by atoms with Gasteiger partial charge in [0.25, 0.3) is 5.56 Å². The lowest BCUT2D eigenvalue weighted by Gasteiger charge is -2.34. The predicted octanol–water partition coefficient (Wildman–Crippen LogP) is 3.94. The first-order chi connectivity index (χ1) is 16.1. The fourth-order valence-electron chi connectivity index (χ4n) is 5.23. The minimum atomic E-state index is -0.169. The molecule has 2 aromatic heterocycles. The number of benzene rings is 1. The average molecular weight is 449 g/mol. The zero-order chi connectivity index (χ0) is 22.8.